The van der Waals surface area contributed by atoms with Gasteiger partial charge in [-0.2, -0.15) is 0 Å². The second kappa shape index (κ2) is 8.96. The molecular formula is C9H19O12P. The summed E-state index contributed by atoms with van der Waals surface area (Å²) >= 11 is 0. The highest BCUT2D eigenvalue weighted by Crippen LogP contribution is 2.35. The molecule has 0 bridgehead atoms. The van der Waals surface area contributed by atoms with Crippen LogP contribution in [0.2, 0.25) is 0 Å². The van der Waals surface area contributed by atoms with E-state index in [0.29, 0.717) is 0 Å². The van der Waals surface area contributed by atoms with E-state index in [0.717, 1.165) is 0 Å². The van der Waals surface area contributed by atoms with E-state index < -0.39 is 63.4 Å². The molecule has 0 fully saturated rings. The Hall–Kier alpha value is -0.500. The van der Waals surface area contributed by atoms with Crippen LogP contribution in [0.15, 0.2) is 0 Å². The lowest BCUT2D eigenvalue weighted by Gasteiger charge is -2.30. The quantitative estimate of drug-likeness (QED) is 0.168. The van der Waals surface area contributed by atoms with Gasteiger partial charge in [-0.15, -0.1) is 0 Å². The number of phosphoric acid groups is 1. The number of rotatable bonds is 10. The lowest BCUT2D eigenvalue weighted by molar-refractivity contribution is -0.165. The number of Topliss-reactive ketones (excluding diaryl/α,β-unsaturated/α-hetero) is 1. The van der Waals surface area contributed by atoms with Crippen LogP contribution in [0.1, 0.15) is 0 Å². The van der Waals surface area contributed by atoms with Gasteiger partial charge in [0, 0.05) is 0 Å². The van der Waals surface area contributed by atoms with Crippen LogP contribution in [0, 0.1) is 0 Å². The van der Waals surface area contributed by atoms with E-state index >= 15 is 0 Å². The van der Waals surface area contributed by atoms with Crippen molar-refractivity contribution < 1.29 is 59.4 Å². The minimum absolute atomic E-state index is 1.11. The van der Waals surface area contributed by atoms with Gasteiger partial charge in [0.25, 0.3) is 0 Å². The molecule has 13 heteroatoms. The molecule has 0 aliphatic rings. The van der Waals surface area contributed by atoms with E-state index in [-0.39, 0.29) is 0 Å². The highest BCUT2D eigenvalue weighted by molar-refractivity contribution is 7.46. The SMILES string of the molecule is O=C(CO)C(O)C(O)C(O)C(O)C(O)C(O)COP(=O)(O)O. The first-order valence-electron chi connectivity index (χ1n) is 5.84. The predicted octanol–water partition coefficient (Wildman–Crippen LogP) is -5.18. The van der Waals surface area contributed by atoms with Crippen molar-refractivity contribution in [2.24, 2.45) is 0 Å². The third-order valence-electron chi connectivity index (χ3n) is 2.67. The van der Waals surface area contributed by atoms with Crippen molar-refractivity contribution in [2.75, 3.05) is 13.2 Å². The van der Waals surface area contributed by atoms with E-state index in [2.05, 4.69) is 4.52 Å². The van der Waals surface area contributed by atoms with Crippen LogP contribution in [-0.4, -0.2) is 101 Å². The molecule has 6 atom stereocenters. The van der Waals surface area contributed by atoms with Gasteiger partial charge < -0.3 is 45.5 Å². The Balaban J connectivity index is 4.68. The molecule has 0 aliphatic heterocycles. The maximum Gasteiger partial charge on any atom is 0.469 e. The van der Waals surface area contributed by atoms with E-state index in [1.165, 1.54) is 0 Å². The number of carbonyl (C=O) groups is 1. The van der Waals surface area contributed by atoms with Gasteiger partial charge in [-0.05, 0) is 0 Å². The molecule has 6 unspecified atom stereocenters. The molecule has 0 rings (SSSR count). The van der Waals surface area contributed by atoms with E-state index in [1.807, 2.05) is 0 Å². The summed E-state index contributed by atoms with van der Waals surface area (Å²) in [6, 6.07) is 0. The number of carbonyl (C=O) groups excluding carboxylic acids is 1. The Labute approximate surface area is 124 Å². The van der Waals surface area contributed by atoms with Crippen LogP contribution < -0.4 is 0 Å². The fourth-order valence-corrected chi connectivity index (χ4v) is 1.72. The van der Waals surface area contributed by atoms with Crippen LogP contribution in [0.4, 0.5) is 0 Å². The van der Waals surface area contributed by atoms with Crippen molar-refractivity contribution in [2.45, 2.75) is 36.6 Å². The summed E-state index contributed by atoms with van der Waals surface area (Å²) in [4.78, 5) is 27.7. The Kier molecular flexibility index (Phi) is 8.75. The van der Waals surface area contributed by atoms with Gasteiger partial charge in [0.05, 0.1) is 6.61 Å². The molecule has 0 saturated heterocycles. The summed E-state index contributed by atoms with van der Waals surface area (Å²) in [5.41, 5.74) is 0. The Bertz CT molecular complexity index is 396. The lowest BCUT2D eigenvalue weighted by atomic mass is 9.95. The summed E-state index contributed by atoms with van der Waals surface area (Å²) in [5, 5.41) is 64.9. The third kappa shape index (κ3) is 6.73. The maximum atomic E-state index is 10.9. The molecule has 0 saturated carbocycles. The number of hydrogen-bond acceptors (Lipinski definition) is 10. The van der Waals surface area contributed by atoms with E-state index in [4.69, 9.17) is 14.9 Å². The molecule has 0 aliphatic carbocycles. The van der Waals surface area contributed by atoms with Gasteiger partial charge in [0.2, 0.25) is 0 Å². The first-order valence-corrected chi connectivity index (χ1v) is 7.37. The van der Waals surface area contributed by atoms with Gasteiger partial charge in [-0.25, -0.2) is 4.57 Å². The molecule has 0 radical (unpaired) electrons. The zero-order valence-corrected chi connectivity index (χ0v) is 12.0. The second-order valence-electron chi connectivity index (χ2n) is 4.39. The van der Waals surface area contributed by atoms with Crippen LogP contribution in [0.3, 0.4) is 0 Å². The molecule has 9 N–H and O–H groups in total. The minimum Gasteiger partial charge on any atom is -0.388 e. The summed E-state index contributed by atoms with van der Waals surface area (Å²) in [5.74, 6) is -1.27. The minimum atomic E-state index is -4.94. The van der Waals surface area contributed by atoms with Gasteiger partial charge in [-0.3, -0.25) is 9.32 Å². The molecule has 0 amide bonds. The van der Waals surface area contributed by atoms with E-state index in [1.54, 1.807) is 0 Å². The molecule has 22 heavy (non-hydrogen) atoms. The van der Waals surface area contributed by atoms with Crippen molar-refractivity contribution in [3.05, 3.63) is 0 Å². The standard InChI is InChI=1S/C9H19O12P/c10-1-3(11)5(13)7(15)9(17)8(16)6(14)4(12)2-21-22(18,19)20/h4-10,12-17H,1-2H2,(H2,18,19,20). The van der Waals surface area contributed by atoms with Crippen LogP contribution in [0.5, 0.6) is 0 Å². The fourth-order valence-electron chi connectivity index (χ4n) is 1.37. The van der Waals surface area contributed by atoms with Crippen molar-refractivity contribution in [3.8, 4) is 0 Å². The second-order valence-corrected chi connectivity index (χ2v) is 5.62. The number of ketones is 1. The third-order valence-corrected chi connectivity index (χ3v) is 3.15. The molecule has 0 aromatic rings. The summed E-state index contributed by atoms with van der Waals surface area (Å²) < 4.78 is 14.3. The van der Waals surface area contributed by atoms with E-state index in [9.17, 15) is 40.0 Å². The van der Waals surface area contributed by atoms with Crippen LogP contribution in [-0.2, 0) is 13.9 Å². The normalized spacial score (nSPS) is 20.8. The highest BCUT2D eigenvalue weighted by atomic mass is 31.2. The first kappa shape index (κ1) is 21.5. The highest BCUT2D eigenvalue weighted by Gasteiger charge is 2.39. The molecular weight excluding hydrogens is 331 g/mol. The van der Waals surface area contributed by atoms with Gasteiger partial charge in [0.1, 0.15) is 43.2 Å². The number of phosphoric ester groups is 1. The topological polar surface area (TPSA) is 225 Å². The maximum absolute atomic E-state index is 10.9. The zero-order chi connectivity index (χ0) is 17.7. The fraction of sp³-hybridized carbons (Fsp3) is 0.889. The molecule has 0 aromatic heterocycles. The molecule has 12 nitrogen and oxygen atoms in total. The summed E-state index contributed by atoms with van der Waals surface area (Å²) in [6.45, 7) is -2.26. The van der Waals surface area contributed by atoms with Crippen molar-refractivity contribution in [1.29, 1.82) is 0 Å². The molecule has 0 spiro atoms. The van der Waals surface area contributed by atoms with Crippen molar-refractivity contribution >= 4 is 13.6 Å². The average molecular weight is 350 g/mol. The average Bonchev–Trinajstić information content (AvgIpc) is 2.46. The summed E-state index contributed by atoms with van der Waals surface area (Å²) in [6.07, 6.45) is -13.5. The monoisotopic (exact) mass is 350 g/mol. The Morgan fingerprint density at radius 1 is 0.909 bits per heavy atom. The zero-order valence-electron chi connectivity index (χ0n) is 11.1. The summed E-state index contributed by atoms with van der Waals surface area (Å²) in [7, 11) is -4.94. The smallest absolute Gasteiger partial charge is 0.388 e. The predicted molar refractivity (Wildman–Crippen MR) is 66.1 cm³/mol. The van der Waals surface area contributed by atoms with Crippen molar-refractivity contribution in [1.82, 2.24) is 0 Å². The lowest BCUT2D eigenvalue weighted by Crippen LogP contribution is -2.54. The molecule has 0 heterocycles. The largest absolute Gasteiger partial charge is 0.469 e. The van der Waals surface area contributed by atoms with Gasteiger partial charge in [-0.1, -0.05) is 0 Å². The van der Waals surface area contributed by atoms with Gasteiger partial charge in [0.15, 0.2) is 5.78 Å². The van der Waals surface area contributed by atoms with Crippen LogP contribution >= 0.6 is 7.82 Å². The van der Waals surface area contributed by atoms with Crippen molar-refractivity contribution in [3.63, 3.8) is 0 Å². The molecule has 0 aromatic carbocycles. The molecule has 132 valence electrons. The first-order chi connectivity index (χ1) is 9.92. The Morgan fingerprint density at radius 2 is 1.36 bits per heavy atom. The number of hydrogen-bond donors (Lipinski definition) is 9. The number of aliphatic hydroxyl groups is 7. The van der Waals surface area contributed by atoms with Crippen LogP contribution in [0.25, 0.3) is 0 Å². The number of aliphatic hydroxyl groups excluding tert-OH is 7. The Morgan fingerprint density at radius 3 is 1.77 bits per heavy atom. The van der Waals surface area contributed by atoms with Gasteiger partial charge >= 0.3 is 7.82 Å².